The van der Waals surface area contributed by atoms with Crippen molar-refractivity contribution in [1.29, 1.82) is 0 Å². The van der Waals surface area contributed by atoms with E-state index in [0.717, 1.165) is 17.2 Å². The van der Waals surface area contributed by atoms with Crippen molar-refractivity contribution in [3.05, 3.63) is 94.8 Å². The first kappa shape index (κ1) is 21.7. The fraction of sp³-hybridized carbons (Fsp3) is 0.125. The highest BCUT2D eigenvalue weighted by molar-refractivity contribution is 5.91. The molecule has 0 radical (unpaired) electrons. The third kappa shape index (κ3) is 6.24. The number of hydrogen-bond donors (Lipinski definition) is 1. The molecule has 0 heterocycles. The smallest absolute Gasteiger partial charge is 0.343 e. The minimum atomic E-state index is -0.655. The van der Waals surface area contributed by atoms with Gasteiger partial charge in [-0.1, -0.05) is 24.3 Å². The molecule has 31 heavy (non-hydrogen) atoms. The van der Waals surface area contributed by atoms with Crippen molar-refractivity contribution in [3.8, 4) is 11.5 Å². The summed E-state index contributed by atoms with van der Waals surface area (Å²) in [4.78, 5) is 24.0. The number of amides is 1. The summed E-state index contributed by atoms with van der Waals surface area (Å²) in [6.45, 7) is 3.67. The Labute approximate surface area is 179 Å². The Balaban J connectivity index is 1.49. The second-order valence-corrected chi connectivity index (χ2v) is 6.77. The summed E-state index contributed by atoms with van der Waals surface area (Å²) in [6.07, 6.45) is 1.45. The van der Waals surface area contributed by atoms with Crippen LogP contribution >= 0.6 is 0 Å². The number of halogens is 1. The van der Waals surface area contributed by atoms with Crippen LogP contribution in [-0.4, -0.2) is 24.7 Å². The summed E-state index contributed by atoms with van der Waals surface area (Å²) in [5.41, 5.74) is 5.11. The lowest BCUT2D eigenvalue weighted by Gasteiger charge is -2.10. The largest absolute Gasteiger partial charge is 0.483 e. The zero-order chi connectivity index (χ0) is 22.2. The third-order valence-corrected chi connectivity index (χ3v) is 4.31. The van der Waals surface area contributed by atoms with Gasteiger partial charge in [0.2, 0.25) is 0 Å². The van der Waals surface area contributed by atoms with E-state index in [-0.39, 0.29) is 18.1 Å². The van der Waals surface area contributed by atoms with Crippen LogP contribution in [0.3, 0.4) is 0 Å². The monoisotopic (exact) mass is 420 g/mol. The normalized spacial score (nSPS) is 10.7. The van der Waals surface area contributed by atoms with Gasteiger partial charge in [-0.3, -0.25) is 4.79 Å². The minimum Gasteiger partial charge on any atom is -0.483 e. The first-order chi connectivity index (χ1) is 14.9. The van der Waals surface area contributed by atoms with Crippen LogP contribution < -0.4 is 14.9 Å². The predicted octanol–water partition coefficient (Wildman–Crippen LogP) is 4.19. The van der Waals surface area contributed by atoms with Gasteiger partial charge in [-0.2, -0.15) is 5.10 Å². The number of ether oxygens (including phenoxy) is 2. The number of nitrogens with zero attached hydrogens (tertiary/aromatic N) is 1. The second-order valence-electron chi connectivity index (χ2n) is 6.77. The number of aryl methyl sites for hydroxylation is 2. The van der Waals surface area contributed by atoms with Crippen molar-refractivity contribution in [2.45, 2.75) is 13.8 Å². The molecule has 0 unspecified atom stereocenters. The molecule has 3 aromatic carbocycles. The predicted molar refractivity (Wildman–Crippen MR) is 115 cm³/mol. The Hall–Kier alpha value is -4.00. The molecule has 0 spiro atoms. The van der Waals surface area contributed by atoms with Gasteiger partial charge in [0.25, 0.3) is 5.91 Å². The van der Waals surface area contributed by atoms with Crippen molar-refractivity contribution in [2.75, 3.05) is 6.61 Å². The number of carbonyl (C=O) groups excluding carboxylic acids is 2. The van der Waals surface area contributed by atoms with Gasteiger partial charge in [0, 0.05) is 0 Å². The van der Waals surface area contributed by atoms with Crippen molar-refractivity contribution >= 4 is 18.1 Å². The van der Waals surface area contributed by atoms with E-state index >= 15 is 0 Å². The number of carbonyl (C=O) groups is 2. The highest BCUT2D eigenvalue weighted by atomic mass is 19.1. The third-order valence-electron chi connectivity index (χ3n) is 4.31. The van der Waals surface area contributed by atoms with E-state index < -0.39 is 11.8 Å². The topological polar surface area (TPSA) is 77.0 Å². The Morgan fingerprint density at radius 3 is 2.35 bits per heavy atom. The molecule has 0 saturated carbocycles. The van der Waals surface area contributed by atoms with Gasteiger partial charge in [-0.05, 0) is 73.0 Å². The fourth-order valence-corrected chi connectivity index (χ4v) is 2.78. The maximum atomic E-state index is 13.2. The summed E-state index contributed by atoms with van der Waals surface area (Å²) >= 11 is 0. The van der Waals surface area contributed by atoms with Crippen LogP contribution in [0.5, 0.6) is 11.5 Å². The number of esters is 1. The number of para-hydroxylation sites is 1. The summed E-state index contributed by atoms with van der Waals surface area (Å²) in [6, 6.07) is 17.5. The van der Waals surface area contributed by atoms with Crippen LogP contribution in [0.4, 0.5) is 4.39 Å². The molecule has 7 heteroatoms. The number of nitrogens with one attached hydrogen (secondary N) is 1. The molecule has 3 aromatic rings. The molecule has 0 saturated heterocycles. The lowest BCUT2D eigenvalue weighted by Crippen LogP contribution is -2.25. The van der Waals surface area contributed by atoms with Gasteiger partial charge >= 0.3 is 5.97 Å². The van der Waals surface area contributed by atoms with E-state index in [1.165, 1.54) is 24.4 Å². The zero-order valence-corrected chi connectivity index (χ0v) is 17.1. The molecule has 1 amide bonds. The Morgan fingerprint density at radius 2 is 1.68 bits per heavy atom. The number of rotatable bonds is 7. The van der Waals surface area contributed by atoms with E-state index in [9.17, 15) is 14.0 Å². The van der Waals surface area contributed by atoms with Crippen molar-refractivity contribution < 1.29 is 23.5 Å². The van der Waals surface area contributed by atoms with E-state index in [0.29, 0.717) is 17.1 Å². The number of hydrazone groups is 1. The van der Waals surface area contributed by atoms with Gasteiger partial charge in [0.05, 0.1) is 11.8 Å². The molecular formula is C24H21FN2O4. The number of hydrogen-bond acceptors (Lipinski definition) is 5. The van der Waals surface area contributed by atoms with E-state index in [2.05, 4.69) is 10.5 Å². The molecule has 0 aromatic heterocycles. The quantitative estimate of drug-likeness (QED) is 0.269. The van der Waals surface area contributed by atoms with E-state index in [1.807, 2.05) is 32.0 Å². The molecule has 0 aliphatic carbocycles. The molecule has 0 aliphatic heterocycles. The summed E-state index contributed by atoms with van der Waals surface area (Å²) < 4.78 is 24.0. The highest BCUT2D eigenvalue weighted by Crippen LogP contribution is 2.22. The van der Waals surface area contributed by atoms with Crippen LogP contribution in [0.15, 0.2) is 71.8 Å². The molecule has 3 rings (SSSR count). The van der Waals surface area contributed by atoms with Crippen molar-refractivity contribution in [2.24, 2.45) is 5.10 Å². The minimum absolute atomic E-state index is 0.122. The average Bonchev–Trinajstić information content (AvgIpc) is 2.74. The van der Waals surface area contributed by atoms with Crippen LogP contribution in [0.2, 0.25) is 0 Å². The summed E-state index contributed by atoms with van der Waals surface area (Å²) in [7, 11) is 0. The van der Waals surface area contributed by atoms with Crippen molar-refractivity contribution in [3.63, 3.8) is 0 Å². The molecule has 0 fully saturated rings. The summed E-state index contributed by atoms with van der Waals surface area (Å²) in [5, 5.41) is 3.89. The number of benzene rings is 3. The molecular weight excluding hydrogens is 399 g/mol. The van der Waals surface area contributed by atoms with Crippen LogP contribution in [0, 0.1) is 19.7 Å². The second kappa shape index (κ2) is 10.2. The van der Waals surface area contributed by atoms with E-state index in [4.69, 9.17) is 9.47 Å². The highest BCUT2D eigenvalue weighted by Gasteiger charge is 2.09. The molecule has 0 aliphatic rings. The molecule has 1 N–H and O–H groups in total. The first-order valence-corrected chi connectivity index (χ1v) is 9.51. The molecule has 0 atom stereocenters. The Morgan fingerprint density at radius 1 is 1.00 bits per heavy atom. The lowest BCUT2D eigenvalue weighted by atomic mass is 10.1. The van der Waals surface area contributed by atoms with Crippen LogP contribution in [0.1, 0.15) is 27.0 Å². The van der Waals surface area contributed by atoms with Gasteiger partial charge < -0.3 is 9.47 Å². The molecule has 0 bridgehead atoms. The van der Waals surface area contributed by atoms with E-state index in [1.54, 1.807) is 24.3 Å². The maximum absolute atomic E-state index is 13.2. The molecule has 158 valence electrons. The van der Waals surface area contributed by atoms with Crippen LogP contribution in [-0.2, 0) is 4.79 Å². The van der Waals surface area contributed by atoms with Gasteiger partial charge in [0.15, 0.2) is 6.61 Å². The van der Waals surface area contributed by atoms with Gasteiger partial charge in [-0.15, -0.1) is 0 Å². The van der Waals surface area contributed by atoms with Gasteiger partial charge in [-0.25, -0.2) is 14.6 Å². The maximum Gasteiger partial charge on any atom is 0.343 e. The first-order valence-electron chi connectivity index (χ1n) is 9.51. The summed E-state index contributed by atoms with van der Waals surface area (Å²) in [5.74, 6) is -0.568. The fourth-order valence-electron chi connectivity index (χ4n) is 2.78. The van der Waals surface area contributed by atoms with Gasteiger partial charge in [0.1, 0.15) is 17.3 Å². The lowest BCUT2D eigenvalue weighted by molar-refractivity contribution is -0.123. The Bertz CT molecular complexity index is 1090. The van der Waals surface area contributed by atoms with Crippen LogP contribution in [0.25, 0.3) is 0 Å². The Kier molecular flexibility index (Phi) is 7.11. The van der Waals surface area contributed by atoms with Crippen molar-refractivity contribution in [1.82, 2.24) is 5.43 Å². The zero-order valence-electron chi connectivity index (χ0n) is 17.1. The molecule has 6 nitrogen and oxygen atoms in total. The average molecular weight is 420 g/mol. The SMILES string of the molecule is Cc1cccc(C)c1OCC(=O)NN=Cc1ccc(OC(=O)c2cccc(F)c2)cc1. The standard InChI is InChI=1S/C24H21FN2O4/c1-16-5-3-6-17(2)23(16)30-15-22(28)27-26-14-18-9-11-21(12-10-18)31-24(29)19-7-4-8-20(25)13-19/h3-14H,15H2,1-2H3,(H,27,28).